The fraction of sp³-hybridized carbons (Fsp3) is 0.188. The average Bonchev–Trinajstić information content (AvgIpc) is 3.29. The summed E-state index contributed by atoms with van der Waals surface area (Å²) >= 11 is 3.32. The first-order valence-electron chi connectivity index (χ1n) is 6.85. The molecule has 5 nitrogen and oxygen atoms in total. The van der Waals surface area contributed by atoms with E-state index in [2.05, 4.69) is 15.9 Å². The predicted octanol–water partition coefficient (Wildman–Crippen LogP) is 4.13. The van der Waals surface area contributed by atoms with Crippen molar-refractivity contribution in [3.63, 3.8) is 0 Å². The summed E-state index contributed by atoms with van der Waals surface area (Å²) in [6, 6.07) is 10.0. The summed E-state index contributed by atoms with van der Waals surface area (Å²) in [5, 5.41) is 11.0. The molecule has 0 amide bonds. The monoisotopic (exact) mass is 379 g/mol. The highest BCUT2D eigenvalue weighted by Gasteiger charge is 2.53. The zero-order valence-corrected chi connectivity index (χ0v) is 13.4. The molecule has 0 aliphatic heterocycles. The Balaban J connectivity index is 1.89. The van der Waals surface area contributed by atoms with Gasteiger partial charge in [0.2, 0.25) is 5.75 Å². The lowest BCUT2D eigenvalue weighted by molar-refractivity contribution is -0.385. The lowest BCUT2D eigenvalue weighted by Gasteiger charge is -2.15. The van der Waals surface area contributed by atoms with Crippen LogP contribution < -0.4 is 4.74 Å². The number of hydrogen-bond acceptors (Lipinski definition) is 4. The van der Waals surface area contributed by atoms with Crippen LogP contribution in [-0.2, 0) is 10.2 Å². The SMILES string of the molecule is O=C(Oc1cc(F)ccc1[N+](=O)[O-])C1(c2ccc(Br)cc2)CC1. The third-order valence-electron chi connectivity index (χ3n) is 3.86. The van der Waals surface area contributed by atoms with Crippen LogP contribution in [0.25, 0.3) is 0 Å². The Hall–Kier alpha value is -2.28. The van der Waals surface area contributed by atoms with E-state index in [1.807, 2.05) is 12.1 Å². The van der Waals surface area contributed by atoms with Gasteiger partial charge in [-0.15, -0.1) is 0 Å². The van der Waals surface area contributed by atoms with E-state index < -0.39 is 27.8 Å². The maximum atomic E-state index is 13.3. The molecule has 0 atom stereocenters. The van der Waals surface area contributed by atoms with Crippen LogP contribution in [0, 0.1) is 15.9 Å². The summed E-state index contributed by atoms with van der Waals surface area (Å²) in [5.41, 5.74) is -0.461. The molecule has 0 aromatic heterocycles. The molecule has 0 spiro atoms. The Morgan fingerprint density at radius 3 is 2.43 bits per heavy atom. The number of nitro groups is 1. The molecule has 2 aromatic carbocycles. The molecule has 0 unspecified atom stereocenters. The van der Waals surface area contributed by atoms with Crippen LogP contribution in [0.15, 0.2) is 46.9 Å². The van der Waals surface area contributed by atoms with Gasteiger partial charge in [0.1, 0.15) is 5.82 Å². The van der Waals surface area contributed by atoms with Crippen LogP contribution in [0.3, 0.4) is 0 Å². The van der Waals surface area contributed by atoms with Gasteiger partial charge in [-0.2, -0.15) is 0 Å². The van der Waals surface area contributed by atoms with Gasteiger partial charge in [0.25, 0.3) is 0 Å². The van der Waals surface area contributed by atoms with Gasteiger partial charge in [0.15, 0.2) is 0 Å². The molecular formula is C16H11BrFNO4. The Bertz CT molecular complexity index is 787. The first-order chi connectivity index (χ1) is 10.9. The number of carbonyl (C=O) groups excluding carboxylic acids is 1. The van der Waals surface area contributed by atoms with E-state index in [0.717, 1.165) is 28.2 Å². The zero-order chi connectivity index (χ0) is 16.6. The second-order valence-corrected chi connectivity index (χ2v) is 6.26. The molecule has 0 heterocycles. The third-order valence-corrected chi connectivity index (χ3v) is 4.39. The van der Waals surface area contributed by atoms with E-state index in [4.69, 9.17) is 4.74 Å². The minimum absolute atomic E-state index is 0.372. The van der Waals surface area contributed by atoms with Crippen LogP contribution in [0.5, 0.6) is 5.75 Å². The molecule has 118 valence electrons. The van der Waals surface area contributed by atoms with E-state index in [1.54, 1.807) is 12.1 Å². The number of benzene rings is 2. The third kappa shape index (κ3) is 2.96. The lowest BCUT2D eigenvalue weighted by Crippen LogP contribution is -2.26. The Morgan fingerprint density at radius 2 is 1.87 bits per heavy atom. The minimum atomic E-state index is -0.805. The second-order valence-electron chi connectivity index (χ2n) is 5.35. The molecule has 0 saturated heterocycles. The number of esters is 1. The highest BCUT2D eigenvalue weighted by Crippen LogP contribution is 2.49. The summed E-state index contributed by atoms with van der Waals surface area (Å²) in [5.74, 6) is -1.68. The van der Waals surface area contributed by atoms with E-state index in [0.29, 0.717) is 12.8 Å². The number of nitrogens with zero attached hydrogens (tertiary/aromatic N) is 1. The Labute approximate surface area is 139 Å². The van der Waals surface area contributed by atoms with Gasteiger partial charge in [-0.25, -0.2) is 4.39 Å². The molecule has 1 aliphatic carbocycles. The molecule has 23 heavy (non-hydrogen) atoms. The van der Waals surface area contributed by atoms with E-state index >= 15 is 0 Å². The van der Waals surface area contributed by atoms with Gasteiger partial charge in [-0.05, 0) is 36.6 Å². The summed E-state index contributed by atoms with van der Waals surface area (Å²) in [7, 11) is 0. The quantitative estimate of drug-likeness (QED) is 0.346. The summed E-state index contributed by atoms with van der Waals surface area (Å²) in [6.45, 7) is 0. The van der Waals surface area contributed by atoms with Crippen molar-refractivity contribution in [1.82, 2.24) is 0 Å². The largest absolute Gasteiger partial charge is 0.418 e. The maximum Gasteiger partial charge on any atom is 0.322 e. The van der Waals surface area contributed by atoms with Crippen LogP contribution in [0.4, 0.5) is 10.1 Å². The van der Waals surface area contributed by atoms with Crippen molar-refractivity contribution in [2.75, 3.05) is 0 Å². The van der Waals surface area contributed by atoms with E-state index in [1.165, 1.54) is 0 Å². The van der Waals surface area contributed by atoms with Gasteiger partial charge < -0.3 is 4.74 Å². The molecule has 0 N–H and O–H groups in total. The van der Waals surface area contributed by atoms with E-state index in [9.17, 15) is 19.3 Å². The number of halogens is 2. The number of nitro benzene ring substituents is 1. The number of rotatable bonds is 4. The second kappa shape index (κ2) is 5.73. The number of ether oxygens (including phenoxy) is 1. The predicted molar refractivity (Wildman–Crippen MR) is 83.7 cm³/mol. The van der Waals surface area contributed by atoms with Crippen molar-refractivity contribution in [1.29, 1.82) is 0 Å². The minimum Gasteiger partial charge on any atom is -0.418 e. The fourth-order valence-electron chi connectivity index (χ4n) is 2.42. The first kappa shape index (κ1) is 15.6. The molecule has 1 saturated carbocycles. The van der Waals surface area contributed by atoms with Crippen LogP contribution >= 0.6 is 15.9 Å². The molecule has 3 rings (SSSR count). The normalized spacial score (nSPS) is 15.0. The van der Waals surface area contributed by atoms with Crippen LogP contribution in [0.1, 0.15) is 18.4 Å². The number of carbonyl (C=O) groups is 1. The topological polar surface area (TPSA) is 69.4 Å². The maximum absolute atomic E-state index is 13.3. The van der Waals surface area contributed by atoms with Crippen molar-refractivity contribution in [3.05, 3.63) is 68.4 Å². The molecule has 2 aromatic rings. The standard InChI is InChI=1S/C16H11BrFNO4/c17-11-3-1-10(2-4-11)16(7-8-16)15(20)23-14-9-12(18)5-6-13(14)19(21)22/h1-6,9H,7-8H2. The highest BCUT2D eigenvalue weighted by molar-refractivity contribution is 9.10. The summed E-state index contributed by atoms with van der Waals surface area (Å²) in [4.78, 5) is 22.8. The van der Waals surface area contributed by atoms with Crippen molar-refractivity contribution in [2.45, 2.75) is 18.3 Å². The van der Waals surface area contributed by atoms with Crippen molar-refractivity contribution in [2.24, 2.45) is 0 Å². The summed E-state index contributed by atoms with van der Waals surface area (Å²) < 4.78 is 19.4. The smallest absolute Gasteiger partial charge is 0.322 e. The van der Waals surface area contributed by atoms with Gasteiger partial charge >= 0.3 is 11.7 Å². The van der Waals surface area contributed by atoms with Gasteiger partial charge in [-0.3, -0.25) is 14.9 Å². The van der Waals surface area contributed by atoms with Crippen LogP contribution in [0.2, 0.25) is 0 Å². The number of hydrogen-bond donors (Lipinski definition) is 0. The van der Waals surface area contributed by atoms with Crippen molar-refractivity contribution >= 4 is 27.6 Å². The molecule has 7 heteroatoms. The van der Waals surface area contributed by atoms with Gasteiger partial charge in [0.05, 0.1) is 10.3 Å². The fourth-order valence-corrected chi connectivity index (χ4v) is 2.69. The highest BCUT2D eigenvalue weighted by atomic mass is 79.9. The average molecular weight is 380 g/mol. The Kier molecular flexibility index (Phi) is 3.89. The molecule has 0 radical (unpaired) electrons. The van der Waals surface area contributed by atoms with Crippen molar-refractivity contribution < 1.29 is 18.8 Å². The van der Waals surface area contributed by atoms with Gasteiger partial charge in [-0.1, -0.05) is 28.1 Å². The lowest BCUT2D eigenvalue weighted by atomic mass is 9.96. The van der Waals surface area contributed by atoms with Gasteiger partial charge in [0, 0.05) is 16.6 Å². The molecule has 1 aliphatic rings. The summed E-state index contributed by atoms with van der Waals surface area (Å²) in [6.07, 6.45) is 1.19. The molecule has 0 bridgehead atoms. The van der Waals surface area contributed by atoms with Crippen molar-refractivity contribution in [3.8, 4) is 5.75 Å². The van der Waals surface area contributed by atoms with Crippen LogP contribution in [-0.4, -0.2) is 10.9 Å². The van der Waals surface area contributed by atoms with E-state index in [-0.39, 0.29) is 5.75 Å². The molecule has 1 fully saturated rings. The first-order valence-corrected chi connectivity index (χ1v) is 7.64. The molecular weight excluding hydrogens is 369 g/mol. The zero-order valence-electron chi connectivity index (χ0n) is 11.8. The Morgan fingerprint density at radius 1 is 1.22 bits per heavy atom.